The van der Waals surface area contributed by atoms with E-state index in [1.807, 2.05) is 6.92 Å². The Morgan fingerprint density at radius 2 is 1.89 bits per heavy atom. The SMILES string of the molecule is CCCCC(O)CCNC(=O)CCCCC(F)(F)F. The summed E-state index contributed by atoms with van der Waals surface area (Å²) in [7, 11) is 0. The van der Waals surface area contributed by atoms with Crippen molar-refractivity contribution in [2.75, 3.05) is 6.54 Å². The molecule has 0 aromatic carbocycles. The number of hydrogen-bond acceptors (Lipinski definition) is 2. The third-order valence-electron chi connectivity index (χ3n) is 2.80. The first kappa shape index (κ1) is 18.2. The molecule has 0 aliphatic carbocycles. The van der Waals surface area contributed by atoms with Crippen LogP contribution in [0.15, 0.2) is 0 Å². The van der Waals surface area contributed by atoms with Crippen molar-refractivity contribution < 1.29 is 23.1 Å². The Labute approximate surface area is 112 Å². The van der Waals surface area contributed by atoms with Crippen LogP contribution in [0.3, 0.4) is 0 Å². The van der Waals surface area contributed by atoms with Gasteiger partial charge in [0.05, 0.1) is 6.10 Å². The van der Waals surface area contributed by atoms with Crippen molar-refractivity contribution in [2.45, 2.75) is 70.6 Å². The van der Waals surface area contributed by atoms with E-state index in [1.165, 1.54) is 0 Å². The van der Waals surface area contributed by atoms with E-state index >= 15 is 0 Å². The fraction of sp³-hybridized carbons (Fsp3) is 0.923. The van der Waals surface area contributed by atoms with E-state index in [4.69, 9.17) is 0 Å². The first-order valence-electron chi connectivity index (χ1n) is 6.86. The first-order chi connectivity index (χ1) is 8.85. The molecule has 114 valence electrons. The minimum Gasteiger partial charge on any atom is -0.393 e. The monoisotopic (exact) mass is 283 g/mol. The molecule has 0 bridgehead atoms. The summed E-state index contributed by atoms with van der Waals surface area (Å²) in [5.74, 6) is -0.245. The van der Waals surface area contributed by atoms with Gasteiger partial charge in [-0.15, -0.1) is 0 Å². The zero-order chi connectivity index (χ0) is 14.7. The third-order valence-corrected chi connectivity index (χ3v) is 2.80. The van der Waals surface area contributed by atoms with E-state index in [-0.39, 0.29) is 25.2 Å². The number of aliphatic hydroxyl groups is 1. The van der Waals surface area contributed by atoms with Crippen molar-refractivity contribution in [3.8, 4) is 0 Å². The Hall–Kier alpha value is -0.780. The van der Waals surface area contributed by atoms with Crippen LogP contribution in [-0.2, 0) is 4.79 Å². The maximum absolute atomic E-state index is 11.8. The Balaban J connectivity index is 3.44. The van der Waals surface area contributed by atoms with Gasteiger partial charge >= 0.3 is 6.18 Å². The lowest BCUT2D eigenvalue weighted by atomic mass is 10.1. The number of carbonyl (C=O) groups is 1. The normalized spacial score (nSPS) is 13.3. The molecule has 0 aliphatic rings. The molecule has 3 nitrogen and oxygen atoms in total. The highest BCUT2D eigenvalue weighted by Gasteiger charge is 2.25. The standard InChI is InChI=1S/C13H24F3NO2/c1-2-3-6-11(18)8-10-17-12(19)7-4-5-9-13(14,15)16/h11,18H,2-10H2,1H3,(H,17,19). The molecular weight excluding hydrogens is 259 g/mol. The van der Waals surface area contributed by atoms with Crippen molar-refractivity contribution in [2.24, 2.45) is 0 Å². The zero-order valence-electron chi connectivity index (χ0n) is 11.4. The summed E-state index contributed by atoms with van der Waals surface area (Å²) in [4.78, 5) is 11.3. The minimum absolute atomic E-state index is 0.0178. The molecule has 19 heavy (non-hydrogen) atoms. The largest absolute Gasteiger partial charge is 0.393 e. The summed E-state index contributed by atoms with van der Waals surface area (Å²) in [6.45, 7) is 2.42. The summed E-state index contributed by atoms with van der Waals surface area (Å²) >= 11 is 0. The molecule has 0 fully saturated rings. The van der Waals surface area contributed by atoms with Gasteiger partial charge in [0.15, 0.2) is 0 Å². The number of hydrogen-bond donors (Lipinski definition) is 2. The van der Waals surface area contributed by atoms with Crippen molar-refractivity contribution in [3.63, 3.8) is 0 Å². The van der Waals surface area contributed by atoms with Gasteiger partial charge in [-0.2, -0.15) is 13.2 Å². The predicted octanol–water partition coefficient (Wildman–Crippen LogP) is 3.17. The molecule has 6 heteroatoms. The molecule has 0 spiro atoms. The van der Waals surface area contributed by atoms with Gasteiger partial charge in [0.2, 0.25) is 5.91 Å². The van der Waals surface area contributed by atoms with E-state index in [0.29, 0.717) is 13.0 Å². The number of alkyl halides is 3. The Morgan fingerprint density at radius 1 is 1.21 bits per heavy atom. The van der Waals surface area contributed by atoms with Crippen LogP contribution in [0.1, 0.15) is 58.3 Å². The molecule has 0 saturated carbocycles. The lowest BCUT2D eigenvalue weighted by molar-refractivity contribution is -0.136. The lowest BCUT2D eigenvalue weighted by Gasteiger charge is -2.10. The molecule has 1 atom stereocenters. The number of nitrogens with one attached hydrogen (secondary N) is 1. The van der Waals surface area contributed by atoms with Crippen LogP contribution < -0.4 is 5.32 Å². The summed E-state index contributed by atoms with van der Waals surface area (Å²) < 4.78 is 35.5. The van der Waals surface area contributed by atoms with Gasteiger partial charge in [0.1, 0.15) is 0 Å². The van der Waals surface area contributed by atoms with Crippen LogP contribution in [0.4, 0.5) is 13.2 Å². The Bertz CT molecular complexity index is 245. The predicted molar refractivity (Wildman–Crippen MR) is 67.7 cm³/mol. The third kappa shape index (κ3) is 13.5. The highest BCUT2D eigenvalue weighted by Crippen LogP contribution is 2.22. The summed E-state index contributed by atoms with van der Waals surface area (Å²) in [5.41, 5.74) is 0. The zero-order valence-corrected chi connectivity index (χ0v) is 11.4. The second-order valence-electron chi connectivity index (χ2n) is 4.76. The summed E-state index contributed by atoms with van der Waals surface area (Å²) in [6, 6.07) is 0. The van der Waals surface area contributed by atoms with E-state index < -0.39 is 18.7 Å². The highest BCUT2D eigenvalue weighted by atomic mass is 19.4. The number of carbonyl (C=O) groups excluding carboxylic acids is 1. The number of unbranched alkanes of at least 4 members (excludes halogenated alkanes) is 2. The summed E-state index contributed by atoms with van der Waals surface area (Å²) in [5, 5.41) is 12.1. The van der Waals surface area contributed by atoms with Gasteiger partial charge in [-0.25, -0.2) is 0 Å². The number of rotatable bonds is 10. The number of amides is 1. The minimum atomic E-state index is -4.14. The lowest BCUT2D eigenvalue weighted by Crippen LogP contribution is -2.27. The fourth-order valence-electron chi connectivity index (χ4n) is 1.66. The molecule has 0 radical (unpaired) electrons. The molecule has 1 amide bonds. The molecule has 0 aliphatic heterocycles. The fourth-order valence-corrected chi connectivity index (χ4v) is 1.66. The average Bonchev–Trinajstić information content (AvgIpc) is 2.31. The van der Waals surface area contributed by atoms with Crippen LogP contribution >= 0.6 is 0 Å². The molecule has 0 rings (SSSR count). The molecule has 0 saturated heterocycles. The van der Waals surface area contributed by atoms with E-state index in [0.717, 1.165) is 19.3 Å². The molecule has 0 heterocycles. The molecule has 0 aromatic heterocycles. The quantitative estimate of drug-likeness (QED) is 0.605. The Morgan fingerprint density at radius 3 is 2.47 bits per heavy atom. The van der Waals surface area contributed by atoms with Crippen molar-refractivity contribution in [1.29, 1.82) is 0 Å². The molecular formula is C13H24F3NO2. The smallest absolute Gasteiger partial charge is 0.389 e. The maximum Gasteiger partial charge on any atom is 0.389 e. The van der Waals surface area contributed by atoms with Gasteiger partial charge in [-0.05, 0) is 25.7 Å². The highest BCUT2D eigenvalue weighted by molar-refractivity contribution is 5.75. The van der Waals surface area contributed by atoms with Gasteiger partial charge in [0.25, 0.3) is 0 Å². The number of halogens is 3. The average molecular weight is 283 g/mol. The van der Waals surface area contributed by atoms with Gasteiger partial charge in [-0.1, -0.05) is 19.8 Å². The molecule has 0 aromatic rings. The van der Waals surface area contributed by atoms with E-state index in [9.17, 15) is 23.1 Å². The van der Waals surface area contributed by atoms with Crippen LogP contribution in [0.25, 0.3) is 0 Å². The van der Waals surface area contributed by atoms with Crippen molar-refractivity contribution in [1.82, 2.24) is 5.32 Å². The van der Waals surface area contributed by atoms with Crippen LogP contribution in [-0.4, -0.2) is 29.8 Å². The molecule has 1 unspecified atom stereocenters. The second-order valence-corrected chi connectivity index (χ2v) is 4.76. The van der Waals surface area contributed by atoms with Crippen molar-refractivity contribution >= 4 is 5.91 Å². The van der Waals surface area contributed by atoms with Crippen LogP contribution in [0.2, 0.25) is 0 Å². The van der Waals surface area contributed by atoms with Crippen LogP contribution in [0.5, 0.6) is 0 Å². The van der Waals surface area contributed by atoms with Gasteiger partial charge < -0.3 is 10.4 Å². The topological polar surface area (TPSA) is 49.3 Å². The van der Waals surface area contributed by atoms with E-state index in [1.54, 1.807) is 0 Å². The van der Waals surface area contributed by atoms with Crippen LogP contribution in [0, 0.1) is 0 Å². The molecule has 2 N–H and O–H groups in total. The first-order valence-corrected chi connectivity index (χ1v) is 6.86. The Kier molecular flexibility index (Phi) is 9.65. The van der Waals surface area contributed by atoms with Gasteiger partial charge in [0, 0.05) is 19.4 Å². The van der Waals surface area contributed by atoms with Crippen molar-refractivity contribution in [3.05, 3.63) is 0 Å². The van der Waals surface area contributed by atoms with E-state index in [2.05, 4.69) is 5.32 Å². The van der Waals surface area contributed by atoms with Gasteiger partial charge in [-0.3, -0.25) is 4.79 Å². The second kappa shape index (κ2) is 10.1. The number of aliphatic hydroxyl groups excluding tert-OH is 1. The maximum atomic E-state index is 11.8. The summed E-state index contributed by atoms with van der Waals surface area (Å²) in [6.07, 6.45) is -1.87.